The van der Waals surface area contributed by atoms with Crippen LogP contribution in [0.4, 0.5) is 5.69 Å². The van der Waals surface area contributed by atoms with Crippen molar-refractivity contribution in [2.75, 3.05) is 18.1 Å². The molecule has 2 amide bonds. The summed E-state index contributed by atoms with van der Waals surface area (Å²) in [5, 5.41) is 5.81. The second kappa shape index (κ2) is 5.35. The quantitative estimate of drug-likeness (QED) is 0.772. The summed E-state index contributed by atoms with van der Waals surface area (Å²) in [6.45, 7) is 2.72. The topological polar surface area (TPSA) is 70.7 Å². The van der Waals surface area contributed by atoms with E-state index in [0.717, 1.165) is 22.1 Å². The SMILES string of the molecule is CC1=C(C(=O)N2CCc3cc(Br)ccc32)C2C(=O)NCNC2O1. The molecular weight excluding hydrogens is 362 g/mol. The van der Waals surface area contributed by atoms with Crippen LogP contribution in [-0.2, 0) is 20.7 Å². The molecule has 2 unspecified atom stereocenters. The van der Waals surface area contributed by atoms with E-state index in [9.17, 15) is 9.59 Å². The highest BCUT2D eigenvalue weighted by molar-refractivity contribution is 9.10. The lowest BCUT2D eigenvalue weighted by atomic mass is 9.95. The molecule has 3 aliphatic heterocycles. The van der Waals surface area contributed by atoms with E-state index in [2.05, 4.69) is 26.6 Å². The number of amides is 2. The first kappa shape index (κ1) is 14.7. The van der Waals surface area contributed by atoms with Gasteiger partial charge < -0.3 is 15.0 Å². The molecule has 0 aromatic heterocycles. The maximum atomic E-state index is 13.1. The fourth-order valence-electron chi connectivity index (χ4n) is 3.48. The Hall–Kier alpha value is -1.86. The number of allylic oxidation sites excluding steroid dienone is 1. The van der Waals surface area contributed by atoms with Crippen LogP contribution in [0.15, 0.2) is 34.0 Å². The Bertz CT molecular complexity index is 746. The van der Waals surface area contributed by atoms with E-state index in [4.69, 9.17) is 4.74 Å². The molecule has 4 rings (SSSR count). The minimum Gasteiger partial charge on any atom is -0.478 e. The zero-order valence-corrected chi connectivity index (χ0v) is 14.1. The minimum atomic E-state index is -0.587. The van der Waals surface area contributed by atoms with Crippen LogP contribution in [0.2, 0.25) is 0 Å². The van der Waals surface area contributed by atoms with Crippen molar-refractivity contribution in [1.82, 2.24) is 10.6 Å². The van der Waals surface area contributed by atoms with Gasteiger partial charge in [-0.3, -0.25) is 14.9 Å². The fourth-order valence-corrected chi connectivity index (χ4v) is 3.89. The number of ether oxygens (including phenoxy) is 1. The number of fused-ring (bicyclic) bond motifs is 2. The van der Waals surface area contributed by atoms with E-state index in [-0.39, 0.29) is 11.8 Å². The van der Waals surface area contributed by atoms with E-state index < -0.39 is 12.1 Å². The molecule has 1 fully saturated rings. The Kier molecular flexibility index (Phi) is 3.42. The van der Waals surface area contributed by atoms with Gasteiger partial charge >= 0.3 is 0 Å². The van der Waals surface area contributed by atoms with Crippen molar-refractivity contribution < 1.29 is 14.3 Å². The van der Waals surface area contributed by atoms with Gasteiger partial charge in [0.05, 0.1) is 12.2 Å². The summed E-state index contributed by atoms with van der Waals surface area (Å²) >= 11 is 3.46. The summed E-state index contributed by atoms with van der Waals surface area (Å²) in [5.41, 5.74) is 2.49. The molecule has 1 aromatic carbocycles. The maximum Gasteiger partial charge on any atom is 0.258 e. The average Bonchev–Trinajstić information content (AvgIpc) is 3.07. The Morgan fingerprint density at radius 1 is 1.43 bits per heavy atom. The number of halogens is 1. The van der Waals surface area contributed by atoms with E-state index in [1.807, 2.05) is 18.2 Å². The largest absolute Gasteiger partial charge is 0.478 e. The minimum absolute atomic E-state index is 0.144. The molecule has 2 atom stereocenters. The van der Waals surface area contributed by atoms with Crippen LogP contribution in [0, 0.1) is 5.92 Å². The molecule has 0 saturated carbocycles. The van der Waals surface area contributed by atoms with Crippen LogP contribution in [0.25, 0.3) is 0 Å². The van der Waals surface area contributed by atoms with Crippen LogP contribution in [0.3, 0.4) is 0 Å². The van der Waals surface area contributed by atoms with Gasteiger partial charge in [0.2, 0.25) is 5.91 Å². The first-order chi connectivity index (χ1) is 11.1. The number of nitrogens with one attached hydrogen (secondary N) is 2. The molecule has 0 radical (unpaired) electrons. The number of anilines is 1. The molecule has 120 valence electrons. The highest BCUT2D eigenvalue weighted by Crippen LogP contribution is 2.37. The van der Waals surface area contributed by atoms with E-state index in [1.165, 1.54) is 0 Å². The van der Waals surface area contributed by atoms with E-state index in [0.29, 0.717) is 24.5 Å². The molecule has 2 N–H and O–H groups in total. The van der Waals surface area contributed by atoms with Crippen molar-refractivity contribution in [1.29, 1.82) is 0 Å². The summed E-state index contributed by atoms with van der Waals surface area (Å²) in [5.74, 6) is -0.366. The maximum absolute atomic E-state index is 13.1. The van der Waals surface area contributed by atoms with Crippen molar-refractivity contribution >= 4 is 33.4 Å². The van der Waals surface area contributed by atoms with Crippen LogP contribution in [0.5, 0.6) is 0 Å². The number of hydrogen-bond acceptors (Lipinski definition) is 4. The smallest absolute Gasteiger partial charge is 0.258 e. The summed E-state index contributed by atoms with van der Waals surface area (Å²) in [6, 6.07) is 5.90. The number of benzene rings is 1. The van der Waals surface area contributed by atoms with E-state index >= 15 is 0 Å². The normalized spacial score (nSPS) is 25.8. The molecule has 3 aliphatic rings. The first-order valence-corrected chi connectivity index (χ1v) is 8.34. The summed E-state index contributed by atoms with van der Waals surface area (Å²) in [6.07, 6.45) is 0.362. The molecular formula is C16H16BrN3O3. The lowest BCUT2D eigenvalue weighted by Crippen LogP contribution is -2.55. The second-order valence-corrected chi connectivity index (χ2v) is 6.80. The number of rotatable bonds is 1. The van der Waals surface area contributed by atoms with Gasteiger partial charge in [-0.1, -0.05) is 15.9 Å². The van der Waals surface area contributed by atoms with Crippen molar-refractivity contribution in [3.05, 3.63) is 39.6 Å². The number of carbonyl (C=O) groups excluding carboxylic acids is 2. The van der Waals surface area contributed by atoms with Crippen LogP contribution >= 0.6 is 15.9 Å². The Morgan fingerprint density at radius 2 is 2.26 bits per heavy atom. The molecule has 6 nitrogen and oxygen atoms in total. The van der Waals surface area contributed by atoms with Crippen molar-refractivity contribution in [2.24, 2.45) is 5.92 Å². The van der Waals surface area contributed by atoms with Crippen molar-refractivity contribution in [2.45, 2.75) is 19.6 Å². The fraction of sp³-hybridized carbons (Fsp3) is 0.375. The second-order valence-electron chi connectivity index (χ2n) is 5.89. The average molecular weight is 378 g/mol. The summed E-state index contributed by atoms with van der Waals surface area (Å²) in [4.78, 5) is 27.0. The van der Waals surface area contributed by atoms with Gasteiger partial charge in [0.1, 0.15) is 11.7 Å². The molecule has 1 aromatic rings. The van der Waals surface area contributed by atoms with Crippen LogP contribution in [-0.4, -0.2) is 31.3 Å². The third kappa shape index (κ3) is 2.26. The van der Waals surface area contributed by atoms with Crippen molar-refractivity contribution in [3.8, 4) is 0 Å². The zero-order chi connectivity index (χ0) is 16.1. The lowest BCUT2D eigenvalue weighted by Gasteiger charge is -2.27. The molecule has 0 bridgehead atoms. The van der Waals surface area contributed by atoms with Gasteiger partial charge in [0.15, 0.2) is 6.23 Å². The Labute approximate surface area is 142 Å². The standard InChI is InChI=1S/C16H16BrN3O3/c1-8-12(13-14(21)18-7-19-15(13)23-8)16(22)20-5-4-9-6-10(17)2-3-11(9)20/h2-3,6,13,15,19H,4-5,7H2,1H3,(H,18,21). The zero-order valence-electron chi connectivity index (χ0n) is 12.6. The van der Waals surface area contributed by atoms with Gasteiger partial charge in [-0.2, -0.15) is 0 Å². The lowest BCUT2D eigenvalue weighted by molar-refractivity contribution is -0.131. The Morgan fingerprint density at radius 3 is 3.09 bits per heavy atom. The molecule has 7 heteroatoms. The monoisotopic (exact) mass is 377 g/mol. The van der Waals surface area contributed by atoms with Gasteiger partial charge in [-0.15, -0.1) is 0 Å². The summed E-state index contributed by atoms with van der Waals surface area (Å²) in [7, 11) is 0. The highest BCUT2D eigenvalue weighted by atomic mass is 79.9. The first-order valence-electron chi connectivity index (χ1n) is 7.55. The molecule has 0 spiro atoms. The third-order valence-corrected chi connectivity index (χ3v) is 5.05. The van der Waals surface area contributed by atoms with Crippen LogP contribution in [0.1, 0.15) is 12.5 Å². The molecule has 3 heterocycles. The molecule has 0 aliphatic carbocycles. The predicted octanol–water partition coefficient (Wildman–Crippen LogP) is 1.26. The van der Waals surface area contributed by atoms with Gasteiger partial charge in [0.25, 0.3) is 5.91 Å². The summed E-state index contributed by atoms with van der Waals surface area (Å²) < 4.78 is 6.69. The van der Waals surface area contributed by atoms with Crippen LogP contribution < -0.4 is 15.5 Å². The number of nitrogens with zero attached hydrogens (tertiary/aromatic N) is 1. The molecule has 23 heavy (non-hydrogen) atoms. The van der Waals surface area contributed by atoms with Gasteiger partial charge in [-0.25, -0.2) is 0 Å². The molecule has 1 saturated heterocycles. The van der Waals surface area contributed by atoms with Gasteiger partial charge in [-0.05, 0) is 37.1 Å². The third-order valence-electron chi connectivity index (χ3n) is 4.56. The van der Waals surface area contributed by atoms with E-state index in [1.54, 1.807) is 11.8 Å². The highest BCUT2D eigenvalue weighted by Gasteiger charge is 2.47. The number of carbonyl (C=O) groups is 2. The number of hydrogen-bond donors (Lipinski definition) is 2. The van der Waals surface area contributed by atoms with Crippen molar-refractivity contribution in [3.63, 3.8) is 0 Å². The predicted molar refractivity (Wildman–Crippen MR) is 87.4 cm³/mol. The van der Waals surface area contributed by atoms with Gasteiger partial charge in [0, 0.05) is 16.7 Å². The Balaban J connectivity index is 1.68.